The van der Waals surface area contributed by atoms with Crippen LogP contribution < -0.4 is 9.80 Å². The molecule has 1 aliphatic rings. The van der Waals surface area contributed by atoms with Crippen LogP contribution in [-0.2, 0) is 13.1 Å². The molecule has 4 rings (SSSR count). The Morgan fingerprint density at radius 2 is 1.69 bits per heavy atom. The molecule has 0 atom stereocenters. The second kappa shape index (κ2) is 7.38. The van der Waals surface area contributed by atoms with Gasteiger partial charge in [-0.2, -0.15) is 0 Å². The van der Waals surface area contributed by atoms with Crippen LogP contribution in [-0.4, -0.2) is 34.5 Å². The molecular weight excluding hydrogens is 324 g/mol. The van der Waals surface area contributed by atoms with E-state index >= 15 is 0 Å². The number of rotatable bonds is 7. The molecule has 0 spiro atoms. The van der Waals surface area contributed by atoms with Gasteiger partial charge in [0.25, 0.3) is 0 Å². The molecule has 0 radical (unpaired) electrons. The van der Waals surface area contributed by atoms with Gasteiger partial charge in [0, 0.05) is 19.7 Å². The highest BCUT2D eigenvalue weighted by molar-refractivity contribution is 5.78. The highest BCUT2D eigenvalue weighted by atomic mass is 16.2. The Hall–Kier alpha value is -2.53. The van der Waals surface area contributed by atoms with Crippen molar-refractivity contribution in [2.45, 2.75) is 32.9 Å². The molecule has 5 nitrogen and oxygen atoms in total. The molecule has 3 aromatic rings. The smallest absolute Gasteiger partial charge is 0.129 e. The zero-order valence-corrected chi connectivity index (χ0v) is 15.3. The van der Waals surface area contributed by atoms with E-state index in [0.29, 0.717) is 0 Å². The van der Waals surface area contributed by atoms with E-state index in [9.17, 15) is 0 Å². The summed E-state index contributed by atoms with van der Waals surface area (Å²) in [5, 5.41) is 9.13. The lowest BCUT2D eigenvalue weighted by Crippen LogP contribution is -2.31. The Kier molecular flexibility index (Phi) is 4.80. The zero-order chi connectivity index (χ0) is 17.9. The predicted molar refractivity (Wildman–Crippen MR) is 107 cm³/mol. The number of aryl methyl sites for hydroxylation is 1. The summed E-state index contributed by atoms with van der Waals surface area (Å²) in [6, 6.07) is 16.9. The monoisotopic (exact) mass is 350 g/mol. The normalized spacial score (nSPS) is 13.6. The number of benzene rings is 2. The minimum atomic E-state index is 0.243. The Bertz CT molecular complexity index is 889. The lowest BCUT2D eigenvalue weighted by molar-refractivity contribution is 0.281. The van der Waals surface area contributed by atoms with Gasteiger partial charge in [-0.3, -0.25) is 0 Å². The molecule has 0 bridgehead atoms. The van der Waals surface area contributed by atoms with Gasteiger partial charge in [-0.25, -0.2) is 4.98 Å². The third-order valence-corrected chi connectivity index (χ3v) is 5.14. The first-order chi connectivity index (χ1) is 12.8. The first-order valence-electron chi connectivity index (χ1n) is 9.45. The number of fused-ring (bicyclic) bond motifs is 2. The molecule has 0 aliphatic carbocycles. The van der Waals surface area contributed by atoms with Gasteiger partial charge < -0.3 is 19.5 Å². The van der Waals surface area contributed by atoms with Crippen molar-refractivity contribution in [2.75, 3.05) is 29.6 Å². The van der Waals surface area contributed by atoms with Gasteiger partial charge in [-0.05, 0) is 44.0 Å². The molecule has 0 saturated carbocycles. The number of anilines is 2. The maximum absolute atomic E-state index is 9.13. The largest absolute Gasteiger partial charge is 0.396 e. The summed E-state index contributed by atoms with van der Waals surface area (Å²) < 4.78 is 2.32. The summed E-state index contributed by atoms with van der Waals surface area (Å²) in [7, 11) is 0. The second-order valence-corrected chi connectivity index (χ2v) is 6.78. The van der Waals surface area contributed by atoms with Crippen LogP contribution in [0.3, 0.4) is 0 Å². The lowest BCUT2D eigenvalue weighted by atomic mass is 10.2. The molecule has 1 aromatic heterocycles. The molecule has 1 aliphatic heterocycles. The zero-order valence-electron chi connectivity index (χ0n) is 15.3. The predicted octanol–water partition coefficient (Wildman–Crippen LogP) is 3.61. The number of hydrogen-bond donors (Lipinski definition) is 1. The lowest BCUT2D eigenvalue weighted by Gasteiger charge is -2.21. The summed E-state index contributed by atoms with van der Waals surface area (Å²) >= 11 is 0. The van der Waals surface area contributed by atoms with Gasteiger partial charge in [-0.15, -0.1) is 0 Å². The highest BCUT2D eigenvalue weighted by Gasteiger charge is 2.25. The minimum Gasteiger partial charge on any atom is -0.396 e. The molecule has 5 heteroatoms. The Morgan fingerprint density at radius 1 is 0.962 bits per heavy atom. The van der Waals surface area contributed by atoms with Crippen LogP contribution in [0.5, 0.6) is 0 Å². The van der Waals surface area contributed by atoms with Crippen molar-refractivity contribution in [3.05, 3.63) is 54.4 Å². The van der Waals surface area contributed by atoms with E-state index < -0.39 is 0 Å². The van der Waals surface area contributed by atoms with E-state index in [-0.39, 0.29) is 6.61 Å². The summed E-state index contributed by atoms with van der Waals surface area (Å²) in [5.74, 6) is 1.09. The molecule has 1 N–H and O–H groups in total. The maximum Gasteiger partial charge on any atom is 0.129 e. The summed E-state index contributed by atoms with van der Waals surface area (Å²) in [5.41, 5.74) is 4.81. The van der Waals surface area contributed by atoms with Crippen LogP contribution in [0.4, 0.5) is 11.4 Å². The molecule has 2 heterocycles. The number of aromatic nitrogens is 2. The van der Waals surface area contributed by atoms with E-state index in [1.54, 1.807) is 0 Å². The third-order valence-electron chi connectivity index (χ3n) is 5.14. The first kappa shape index (κ1) is 16.9. The van der Waals surface area contributed by atoms with Gasteiger partial charge >= 0.3 is 0 Å². The second-order valence-electron chi connectivity index (χ2n) is 6.78. The van der Waals surface area contributed by atoms with Crippen LogP contribution in [0.2, 0.25) is 0 Å². The number of aliphatic hydroxyl groups excluding tert-OH is 1. The third kappa shape index (κ3) is 3.03. The van der Waals surface area contributed by atoms with Crippen molar-refractivity contribution in [3.8, 4) is 0 Å². The quantitative estimate of drug-likeness (QED) is 0.661. The summed E-state index contributed by atoms with van der Waals surface area (Å²) in [6.07, 6.45) is 1.78. The van der Waals surface area contributed by atoms with Crippen LogP contribution >= 0.6 is 0 Å². The minimum absolute atomic E-state index is 0.243. The van der Waals surface area contributed by atoms with E-state index in [2.05, 4.69) is 63.8 Å². The van der Waals surface area contributed by atoms with Gasteiger partial charge in [0.15, 0.2) is 0 Å². The fraction of sp³-hybridized carbons (Fsp3) is 0.381. The van der Waals surface area contributed by atoms with E-state index in [1.807, 2.05) is 6.07 Å². The highest BCUT2D eigenvalue weighted by Crippen LogP contribution is 2.36. The molecule has 0 fully saturated rings. The standard InChI is InChI=1S/C21H26N4O/c1-2-23-16-24(20-12-6-5-11-19(20)23)15-21-22-17-9-3-4-10-18(17)25(21)13-7-8-14-26/h3-6,9-12,26H,2,7-8,13-16H2,1H3. The Morgan fingerprint density at radius 3 is 2.46 bits per heavy atom. The van der Waals surface area contributed by atoms with E-state index in [1.165, 1.54) is 16.9 Å². The fourth-order valence-electron chi connectivity index (χ4n) is 3.81. The molecule has 2 aromatic carbocycles. The van der Waals surface area contributed by atoms with Crippen molar-refractivity contribution in [2.24, 2.45) is 0 Å². The van der Waals surface area contributed by atoms with Crippen molar-refractivity contribution in [1.82, 2.24) is 9.55 Å². The molecule has 0 saturated heterocycles. The Labute approximate surface area is 154 Å². The van der Waals surface area contributed by atoms with Crippen LogP contribution in [0.1, 0.15) is 25.6 Å². The molecule has 136 valence electrons. The van der Waals surface area contributed by atoms with Crippen molar-refractivity contribution in [3.63, 3.8) is 0 Å². The number of unbranched alkanes of at least 4 members (excludes halogenated alkanes) is 1. The van der Waals surface area contributed by atoms with Crippen LogP contribution in [0, 0.1) is 0 Å². The van der Waals surface area contributed by atoms with Crippen molar-refractivity contribution < 1.29 is 5.11 Å². The van der Waals surface area contributed by atoms with Crippen molar-refractivity contribution in [1.29, 1.82) is 0 Å². The number of hydrogen-bond acceptors (Lipinski definition) is 4. The number of aliphatic hydroxyl groups is 1. The number of nitrogens with zero attached hydrogens (tertiary/aromatic N) is 4. The average molecular weight is 350 g/mol. The van der Waals surface area contributed by atoms with Gasteiger partial charge in [0.1, 0.15) is 5.82 Å². The molecule has 0 amide bonds. The number of para-hydroxylation sites is 4. The summed E-state index contributed by atoms with van der Waals surface area (Å²) in [6.45, 7) is 6.03. The SMILES string of the molecule is CCN1CN(Cc2nc3ccccc3n2CCCCO)c2ccccc21. The van der Waals surface area contributed by atoms with Gasteiger partial charge in [-0.1, -0.05) is 24.3 Å². The Balaban J connectivity index is 1.66. The van der Waals surface area contributed by atoms with Crippen molar-refractivity contribution >= 4 is 22.4 Å². The number of imidazole rings is 1. The van der Waals surface area contributed by atoms with Crippen LogP contribution in [0.15, 0.2) is 48.5 Å². The van der Waals surface area contributed by atoms with E-state index in [4.69, 9.17) is 10.1 Å². The van der Waals surface area contributed by atoms with E-state index in [0.717, 1.165) is 50.5 Å². The van der Waals surface area contributed by atoms with Gasteiger partial charge in [0.2, 0.25) is 0 Å². The topological polar surface area (TPSA) is 44.5 Å². The average Bonchev–Trinajstić information content (AvgIpc) is 3.21. The van der Waals surface area contributed by atoms with Crippen LogP contribution in [0.25, 0.3) is 11.0 Å². The fourth-order valence-corrected chi connectivity index (χ4v) is 3.81. The summed E-state index contributed by atoms with van der Waals surface area (Å²) in [4.78, 5) is 9.72. The molecule has 26 heavy (non-hydrogen) atoms. The van der Waals surface area contributed by atoms with Gasteiger partial charge in [0.05, 0.1) is 35.6 Å². The molecule has 0 unspecified atom stereocenters. The maximum atomic E-state index is 9.13. The molecular formula is C21H26N4O. The first-order valence-corrected chi connectivity index (χ1v) is 9.45.